The summed E-state index contributed by atoms with van der Waals surface area (Å²) in [5, 5.41) is 97.0. The highest BCUT2D eigenvalue weighted by Crippen LogP contribution is 2.22. The molecule has 1 rings (SSSR count). The highest BCUT2D eigenvalue weighted by atomic mass is 16.4. The van der Waals surface area contributed by atoms with Gasteiger partial charge in [-0.25, -0.2) is 9.59 Å². The lowest BCUT2D eigenvalue weighted by atomic mass is 9.87. The SMILES string of the molecule is CC(O)(CO)C(O)C(O)C(O)C(O)C(O)C(O)Cc1cccc(C(=O)O)c1C(=O)O. The maximum Gasteiger partial charge on any atom is 0.336 e. The van der Waals surface area contributed by atoms with Gasteiger partial charge in [-0.05, 0) is 18.6 Å². The Morgan fingerprint density at radius 2 is 1.43 bits per heavy atom. The van der Waals surface area contributed by atoms with E-state index in [0.717, 1.165) is 13.0 Å². The summed E-state index contributed by atoms with van der Waals surface area (Å²) < 4.78 is 0. The molecule has 0 spiro atoms. The van der Waals surface area contributed by atoms with E-state index in [1.165, 1.54) is 12.1 Å². The molecule has 0 fully saturated rings. The van der Waals surface area contributed by atoms with Crippen molar-refractivity contribution in [2.45, 2.75) is 55.6 Å². The number of aliphatic hydroxyl groups excluding tert-OH is 7. The minimum Gasteiger partial charge on any atom is -0.478 e. The topological polar surface area (TPSA) is 236 Å². The predicted molar refractivity (Wildman–Crippen MR) is 97.8 cm³/mol. The molecule has 0 aliphatic rings. The second kappa shape index (κ2) is 10.2. The van der Waals surface area contributed by atoms with Crippen molar-refractivity contribution in [3.8, 4) is 0 Å². The molecule has 0 amide bonds. The van der Waals surface area contributed by atoms with Crippen LogP contribution in [0.5, 0.6) is 0 Å². The molecule has 7 atom stereocenters. The Bertz CT molecular complexity index is 749. The average Bonchev–Trinajstić information content (AvgIpc) is 2.70. The standard InChI is InChI=1S/C18H26O12/c1-18(30,6-19)15(25)14(24)13(23)12(22)11(21)9(20)5-7-3-2-4-8(16(26)27)10(7)17(28)29/h2-4,9,11-15,19-25,30H,5-6H2,1H3,(H,26,27)(H,28,29). The average molecular weight is 434 g/mol. The van der Waals surface area contributed by atoms with Crippen LogP contribution in [0, 0.1) is 0 Å². The lowest BCUT2D eigenvalue weighted by Crippen LogP contribution is -2.58. The molecule has 10 N–H and O–H groups in total. The lowest BCUT2D eigenvalue weighted by Gasteiger charge is -2.35. The van der Waals surface area contributed by atoms with Crippen LogP contribution in [0.1, 0.15) is 33.2 Å². The third-order valence-corrected chi connectivity index (χ3v) is 4.75. The molecule has 1 aromatic rings. The maximum atomic E-state index is 11.4. The largest absolute Gasteiger partial charge is 0.478 e. The smallest absolute Gasteiger partial charge is 0.336 e. The summed E-state index contributed by atoms with van der Waals surface area (Å²) in [4.78, 5) is 22.6. The molecule has 0 aliphatic carbocycles. The summed E-state index contributed by atoms with van der Waals surface area (Å²) in [6.07, 6.45) is -13.7. The Morgan fingerprint density at radius 1 is 0.900 bits per heavy atom. The molecule has 0 saturated heterocycles. The Morgan fingerprint density at radius 3 is 1.90 bits per heavy atom. The van der Waals surface area contributed by atoms with Crippen molar-refractivity contribution in [3.63, 3.8) is 0 Å². The van der Waals surface area contributed by atoms with Gasteiger partial charge in [-0.3, -0.25) is 0 Å². The molecule has 170 valence electrons. The number of rotatable bonds is 11. The summed E-state index contributed by atoms with van der Waals surface area (Å²) in [5.74, 6) is -3.14. The van der Waals surface area contributed by atoms with Crippen LogP contribution in [0.15, 0.2) is 18.2 Å². The fourth-order valence-electron chi connectivity index (χ4n) is 2.83. The van der Waals surface area contributed by atoms with Gasteiger partial charge in [0.2, 0.25) is 0 Å². The first-order chi connectivity index (χ1) is 13.8. The van der Waals surface area contributed by atoms with E-state index < -0.39 is 78.3 Å². The fraction of sp³-hybridized carbons (Fsp3) is 0.556. The number of aliphatic hydroxyl groups is 8. The number of carbonyl (C=O) groups is 2. The van der Waals surface area contributed by atoms with E-state index in [1.54, 1.807) is 0 Å². The zero-order valence-electron chi connectivity index (χ0n) is 15.9. The molecule has 0 heterocycles. The predicted octanol–water partition coefficient (Wildman–Crippen LogP) is -3.47. The molecule has 0 aliphatic heterocycles. The Hall–Kier alpha value is -2.16. The molecule has 12 nitrogen and oxygen atoms in total. The molecule has 0 aromatic heterocycles. The molecule has 0 radical (unpaired) electrons. The van der Waals surface area contributed by atoms with Gasteiger partial charge in [0, 0.05) is 6.42 Å². The van der Waals surface area contributed by atoms with E-state index in [-0.39, 0.29) is 5.56 Å². The van der Waals surface area contributed by atoms with E-state index in [2.05, 4.69) is 0 Å². The van der Waals surface area contributed by atoms with Crippen LogP contribution in [0.2, 0.25) is 0 Å². The first-order valence-electron chi connectivity index (χ1n) is 8.76. The zero-order valence-corrected chi connectivity index (χ0v) is 15.9. The number of hydrogen-bond donors (Lipinski definition) is 10. The van der Waals surface area contributed by atoms with E-state index in [9.17, 15) is 50.4 Å². The van der Waals surface area contributed by atoms with Gasteiger partial charge >= 0.3 is 11.9 Å². The van der Waals surface area contributed by atoms with Gasteiger partial charge in [-0.1, -0.05) is 12.1 Å². The highest BCUT2D eigenvalue weighted by molar-refractivity contribution is 6.02. The highest BCUT2D eigenvalue weighted by Gasteiger charge is 2.43. The Balaban J connectivity index is 3.03. The second-order valence-corrected chi connectivity index (χ2v) is 7.14. The molecular weight excluding hydrogens is 408 g/mol. The number of carboxylic acids is 2. The van der Waals surface area contributed by atoms with Crippen LogP contribution in [-0.2, 0) is 6.42 Å². The summed E-state index contributed by atoms with van der Waals surface area (Å²) in [6, 6.07) is 3.43. The van der Waals surface area contributed by atoms with Crippen molar-refractivity contribution in [2.24, 2.45) is 0 Å². The summed E-state index contributed by atoms with van der Waals surface area (Å²) >= 11 is 0. The van der Waals surface area contributed by atoms with Gasteiger partial charge in [-0.2, -0.15) is 0 Å². The van der Waals surface area contributed by atoms with Crippen LogP contribution in [0.25, 0.3) is 0 Å². The number of aromatic carboxylic acids is 2. The molecule has 0 bridgehead atoms. The zero-order chi connectivity index (χ0) is 23.4. The molecule has 0 saturated carbocycles. The Labute approximate surface area is 170 Å². The first-order valence-corrected chi connectivity index (χ1v) is 8.76. The van der Waals surface area contributed by atoms with Gasteiger partial charge in [0.25, 0.3) is 0 Å². The summed E-state index contributed by atoms with van der Waals surface area (Å²) in [6.45, 7) is -0.0643. The quantitative estimate of drug-likeness (QED) is 0.163. The van der Waals surface area contributed by atoms with Gasteiger partial charge in [0.05, 0.1) is 23.8 Å². The monoisotopic (exact) mass is 434 g/mol. The number of hydrogen-bond acceptors (Lipinski definition) is 10. The van der Waals surface area contributed by atoms with Crippen molar-refractivity contribution < 1.29 is 60.7 Å². The Kier molecular flexibility index (Phi) is 8.83. The minimum atomic E-state index is -2.29. The lowest BCUT2D eigenvalue weighted by molar-refractivity contribution is -0.191. The molecule has 7 unspecified atom stereocenters. The maximum absolute atomic E-state index is 11.4. The van der Waals surface area contributed by atoms with Gasteiger partial charge in [-0.15, -0.1) is 0 Å². The van der Waals surface area contributed by atoms with Crippen molar-refractivity contribution in [1.29, 1.82) is 0 Å². The summed E-state index contributed by atoms with van der Waals surface area (Å²) in [5.41, 5.74) is -3.63. The fourth-order valence-corrected chi connectivity index (χ4v) is 2.83. The minimum absolute atomic E-state index is 0.181. The van der Waals surface area contributed by atoms with Crippen LogP contribution in [0.3, 0.4) is 0 Å². The third-order valence-electron chi connectivity index (χ3n) is 4.75. The molecular formula is C18H26O12. The van der Waals surface area contributed by atoms with E-state index in [0.29, 0.717) is 0 Å². The van der Waals surface area contributed by atoms with Crippen LogP contribution in [-0.4, -0.2) is 112 Å². The molecule has 30 heavy (non-hydrogen) atoms. The second-order valence-electron chi connectivity index (χ2n) is 7.14. The number of benzene rings is 1. The van der Waals surface area contributed by atoms with Crippen molar-refractivity contribution >= 4 is 11.9 Å². The van der Waals surface area contributed by atoms with Crippen LogP contribution < -0.4 is 0 Å². The van der Waals surface area contributed by atoms with Crippen LogP contribution in [0.4, 0.5) is 0 Å². The van der Waals surface area contributed by atoms with Gasteiger partial charge < -0.3 is 51.1 Å². The van der Waals surface area contributed by atoms with E-state index in [4.69, 9.17) is 10.2 Å². The van der Waals surface area contributed by atoms with Crippen molar-refractivity contribution in [1.82, 2.24) is 0 Å². The van der Waals surface area contributed by atoms with E-state index in [1.807, 2.05) is 0 Å². The first kappa shape index (κ1) is 25.9. The van der Waals surface area contributed by atoms with Crippen LogP contribution >= 0.6 is 0 Å². The van der Waals surface area contributed by atoms with Crippen molar-refractivity contribution in [2.75, 3.05) is 6.61 Å². The van der Waals surface area contributed by atoms with Gasteiger partial charge in [0.15, 0.2) is 0 Å². The molecule has 12 heteroatoms. The van der Waals surface area contributed by atoms with Gasteiger partial charge in [0.1, 0.15) is 36.1 Å². The molecule has 1 aromatic carbocycles. The van der Waals surface area contributed by atoms with E-state index >= 15 is 0 Å². The normalized spacial score (nSPS) is 19.8. The summed E-state index contributed by atoms with van der Waals surface area (Å²) in [7, 11) is 0. The van der Waals surface area contributed by atoms with Crippen molar-refractivity contribution in [3.05, 3.63) is 34.9 Å². The number of carboxylic acid groups (broad SMARTS) is 2. The third kappa shape index (κ3) is 5.71.